The Balaban J connectivity index is 2.25. The van der Waals surface area contributed by atoms with Gasteiger partial charge in [0.1, 0.15) is 12.2 Å². The van der Waals surface area contributed by atoms with E-state index in [-0.39, 0.29) is 18.1 Å². The van der Waals surface area contributed by atoms with Crippen molar-refractivity contribution in [2.45, 2.75) is 6.92 Å². The summed E-state index contributed by atoms with van der Waals surface area (Å²) < 4.78 is 4.66. The number of likely N-dealkylation sites (N-methyl/N-ethyl adjacent to an activating group) is 1. The van der Waals surface area contributed by atoms with Crippen molar-refractivity contribution < 1.29 is 23.9 Å². The van der Waals surface area contributed by atoms with Crippen LogP contribution >= 0.6 is 11.6 Å². The van der Waals surface area contributed by atoms with E-state index in [2.05, 4.69) is 25.7 Å². The van der Waals surface area contributed by atoms with Crippen LogP contribution in [0.5, 0.6) is 0 Å². The van der Waals surface area contributed by atoms with Gasteiger partial charge in [0, 0.05) is 17.8 Å². The number of amides is 3. The third-order valence-electron chi connectivity index (χ3n) is 2.53. The molecule has 1 heterocycles. The number of esters is 1. The van der Waals surface area contributed by atoms with Crippen molar-refractivity contribution in [3.8, 4) is 0 Å². The number of nitrogens with one attached hydrogen (secondary N) is 3. The molecule has 0 aliphatic rings. The van der Waals surface area contributed by atoms with Crippen molar-refractivity contribution in [1.29, 1.82) is 0 Å². The van der Waals surface area contributed by atoms with Crippen LogP contribution in [0.2, 0.25) is 5.02 Å². The minimum atomic E-state index is -0.807. The zero-order valence-electron chi connectivity index (χ0n) is 12.9. The van der Waals surface area contributed by atoms with Crippen LogP contribution < -0.4 is 16.0 Å². The normalized spacial score (nSPS) is 9.75. The zero-order valence-corrected chi connectivity index (χ0v) is 13.7. The molecule has 0 aromatic carbocycles. The lowest BCUT2D eigenvalue weighted by atomic mass is 10.3. The number of hydrogen-bond acceptors (Lipinski definition) is 6. The van der Waals surface area contributed by atoms with E-state index in [9.17, 15) is 19.2 Å². The molecule has 24 heavy (non-hydrogen) atoms. The largest absolute Gasteiger partial charge is 0.454 e. The van der Waals surface area contributed by atoms with Crippen LogP contribution in [0.3, 0.4) is 0 Å². The van der Waals surface area contributed by atoms with Crippen LogP contribution in [0.25, 0.3) is 0 Å². The van der Waals surface area contributed by atoms with Gasteiger partial charge in [-0.1, -0.05) is 11.6 Å². The van der Waals surface area contributed by atoms with Gasteiger partial charge in [-0.2, -0.15) is 0 Å². The summed E-state index contributed by atoms with van der Waals surface area (Å²) in [6, 6.07) is 2.85. The molecule has 0 saturated carbocycles. The Kier molecular flexibility index (Phi) is 8.20. The molecule has 1 rings (SSSR count). The summed E-state index contributed by atoms with van der Waals surface area (Å²) in [5.41, 5.74) is 0.0509. The standard InChI is InChI=1S/C14H17ClN4O5/c1-2-16-11(20)6-18-12(21)8-24-13(22)7-19-14(23)10-5-9(15)3-4-17-10/h3-5H,2,6-8H2,1H3,(H,16,20)(H,18,21)(H,19,23). The molecule has 0 spiro atoms. The van der Waals surface area contributed by atoms with Gasteiger partial charge in [0.2, 0.25) is 5.91 Å². The Labute approximate surface area is 143 Å². The van der Waals surface area contributed by atoms with Gasteiger partial charge in [0.25, 0.3) is 11.8 Å². The molecular weight excluding hydrogens is 340 g/mol. The number of ether oxygens (including phenoxy) is 1. The van der Waals surface area contributed by atoms with Crippen LogP contribution in [0, 0.1) is 0 Å². The summed E-state index contributed by atoms with van der Waals surface area (Å²) in [7, 11) is 0. The molecule has 9 nitrogen and oxygen atoms in total. The summed E-state index contributed by atoms with van der Waals surface area (Å²) >= 11 is 5.72. The first kappa shape index (κ1) is 19.4. The molecule has 0 fully saturated rings. The van der Waals surface area contributed by atoms with Gasteiger partial charge in [0.05, 0.1) is 6.54 Å². The van der Waals surface area contributed by atoms with Crippen molar-refractivity contribution in [3.05, 3.63) is 29.0 Å². The van der Waals surface area contributed by atoms with Gasteiger partial charge in [-0.15, -0.1) is 0 Å². The van der Waals surface area contributed by atoms with Crippen LogP contribution in [-0.2, 0) is 19.1 Å². The van der Waals surface area contributed by atoms with Gasteiger partial charge in [-0.3, -0.25) is 24.2 Å². The predicted octanol–water partition coefficient (Wildman–Crippen LogP) is -0.740. The summed E-state index contributed by atoms with van der Waals surface area (Å²) in [5, 5.41) is 7.39. The van der Waals surface area contributed by atoms with Gasteiger partial charge in [0.15, 0.2) is 6.61 Å². The average Bonchev–Trinajstić information content (AvgIpc) is 2.56. The molecule has 130 valence electrons. The maximum absolute atomic E-state index is 11.7. The molecular formula is C14H17ClN4O5. The van der Waals surface area contributed by atoms with Crippen molar-refractivity contribution in [3.63, 3.8) is 0 Å². The highest BCUT2D eigenvalue weighted by molar-refractivity contribution is 6.30. The number of aromatic nitrogens is 1. The third-order valence-corrected chi connectivity index (χ3v) is 2.77. The first-order chi connectivity index (χ1) is 11.4. The lowest BCUT2D eigenvalue weighted by molar-refractivity contribution is -0.147. The average molecular weight is 357 g/mol. The second-order valence-corrected chi connectivity index (χ2v) is 4.87. The van der Waals surface area contributed by atoms with E-state index in [4.69, 9.17) is 11.6 Å². The minimum Gasteiger partial charge on any atom is -0.454 e. The number of halogens is 1. The first-order valence-electron chi connectivity index (χ1n) is 7.01. The van der Waals surface area contributed by atoms with Gasteiger partial charge >= 0.3 is 5.97 Å². The minimum absolute atomic E-state index is 0.0509. The van der Waals surface area contributed by atoms with Crippen LogP contribution in [0.4, 0.5) is 0 Å². The maximum atomic E-state index is 11.7. The molecule has 3 N–H and O–H groups in total. The van der Waals surface area contributed by atoms with Crippen LogP contribution in [0.1, 0.15) is 17.4 Å². The monoisotopic (exact) mass is 356 g/mol. The number of carbonyl (C=O) groups excluding carboxylic acids is 4. The molecule has 0 radical (unpaired) electrons. The van der Waals surface area contributed by atoms with Gasteiger partial charge in [-0.05, 0) is 19.1 Å². The van der Waals surface area contributed by atoms with E-state index < -0.39 is 30.9 Å². The van der Waals surface area contributed by atoms with Crippen LogP contribution in [-0.4, -0.2) is 54.9 Å². The van der Waals surface area contributed by atoms with Gasteiger partial charge < -0.3 is 20.7 Å². The molecule has 1 aromatic heterocycles. The highest BCUT2D eigenvalue weighted by Crippen LogP contribution is 2.07. The molecule has 0 saturated heterocycles. The van der Waals surface area contributed by atoms with E-state index in [0.29, 0.717) is 11.6 Å². The maximum Gasteiger partial charge on any atom is 0.325 e. The van der Waals surface area contributed by atoms with E-state index in [1.807, 2.05) is 0 Å². The quantitative estimate of drug-likeness (QED) is 0.527. The number of nitrogens with zero attached hydrogens (tertiary/aromatic N) is 1. The van der Waals surface area contributed by atoms with E-state index >= 15 is 0 Å². The fraction of sp³-hybridized carbons (Fsp3) is 0.357. The van der Waals surface area contributed by atoms with E-state index in [0.717, 1.165) is 0 Å². The van der Waals surface area contributed by atoms with E-state index in [1.54, 1.807) is 6.92 Å². The number of pyridine rings is 1. The Hall–Kier alpha value is -2.68. The molecule has 0 atom stereocenters. The Morgan fingerprint density at radius 2 is 1.88 bits per heavy atom. The number of carbonyl (C=O) groups is 4. The zero-order chi connectivity index (χ0) is 17.9. The summed E-state index contributed by atoms with van der Waals surface area (Å²) in [4.78, 5) is 49.5. The summed E-state index contributed by atoms with van der Waals surface area (Å²) in [5.74, 6) is -2.38. The molecule has 1 aromatic rings. The SMILES string of the molecule is CCNC(=O)CNC(=O)COC(=O)CNC(=O)c1cc(Cl)ccn1. The summed E-state index contributed by atoms with van der Waals surface area (Å²) in [6.45, 7) is 1.00. The Morgan fingerprint density at radius 3 is 2.54 bits per heavy atom. The van der Waals surface area contributed by atoms with Gasteiger partial charge in [-0.25, -0.2) is 0 Å². The van der Waals surface area contributed by atoms with E-state index in [1.165, 1.54) is 18.3 Å². The van der Waals surface area contributed by atoms with Crippen molar-refractivity contribution in [2.75, 3.05) is 26.2 Å². The lowest BCUT2D eigenvalue weighted by Crippen LogP contribution is -2.39. The molecule has 0 unspecified atom stereocenters. The number of hydrogen-bond donors (Lipinski definition) is 3. The Bertz CT molecular complexity index is 623. The van der Waals surface area contributed by atoms with Crippen molar-refractivity contribution in [1.82, 2.24) is 20.9 Å². The molecule has 10 heteroatoms. The predicted molar refractivity (Wildman–Crippen MR) is 84.2 cm³/mol. The fourth-order valence-corrected chi connectivity index (χ4v) is 1.62. The second kappa shape index (κ2) is 10.2. The van der Waals surface area contributed by atoms with Crippen molar-refractivity contribution >= 4 is 35.3 Å². The molecule has 3 amide bonds. The lowest BCUT2D eigenvalue weighted by Gasteiger charge is -2.07. The van der Waals surface area contributed by atoms with Crippen molar-refractivity contribution in [2.24, 2.45) is 0 Å². The highest BCUT2D eigenvalue weighted by atomic mass is 35.5. The first-order valence-corrected chi connectivity index (χ1v) is 7.39. The smallest absolute Gasteiger partial charge is 0.325 e. The summed E-state index contributed by atoms with van der Waals surface area (Å²) in [6.07, 6.45) is 1.36. The molecule has 0 aliphatic carbocycles. The Morgan fingerprint density at radius 1 is 1.12 bits per heavy atom. The van der Waals surface area contributed by atoms with Crippen LogP contribution in [0.15, 0.2) is 18.3 Å². The number of rotatable bonds is 8. The molecule has 0 bridgehead atoms. The third kappa shape index (κ3) is 7.54. The second-order valence-electron chi connectivity index (χ2n) is 4.43. The fourth-order valence-electron chi connectivity index (χ4n) is 1.46. The molecule has 0 aliphatic heterocycles. The highest BCUT2D eigenvalue weighted by Gasteiger charge is 2.12. The topological polar surface area (TPSA) is 126 Å².